The maximum Gasteiger partial charge on any atom is 0.415 e. The number of carbonyl (C=O) groups excluding carboxylic acids is 1. The molecule has 4 heterocycles. The van der Waals surface area contributed by atoms with Gasteiger partial charge in [0.25, 0.3) is 0 Å². The molecule has 2 atom stereocenters. The van der Waals surface area contributed by atoms with Gasteiger partial charge in [-0.2, -0.15) is 4.98 Å². The molecule has 27 heavy (non-hydrogen) atoms. The molecule has 0 aromatic carbocycles. The molecule has 140 valence electrons. The van der Waals surface area contributed by atoms with Crippen LogP contribution in [0.5, 0.6) is 0 Å². The molecule has 4 rings (SSSR count). The molecule has 3 aromatic heterocycles. The standard InChI is InChI=1S/C20H23N5O2/c1-13(2)17-12-27-20(26)25(17)18-7-8-21-19(23-18)22-14(3)15-10-16-6-4-5-9-24(16)11-15/h4-11,13-14,17H,12H2,1-3H3,(H,21,22,23)/t14-,17-/m1/s1. The maximum absolute atomic E-state index is 12.2. The highest BCUT2D eigenvalue weighted by atomic mass is 16.6. The minimum atomic E-state index is -0.356. The van der Waals surface area contributed by atoms with Crippen LogP contribution in [-0.2, 0) is 4.74 Å². The molecule has 1 aliphatic heterocycles. The minimum absolute atomic E-state index is 0.0190. The van der Waals surface area contributed by atoms with Gasteiger partial charge in [-0.15, -0.1) is 0 Å². The van der Waals surface area contributed by atoms with E-state index >= 15 is 0 Å². The Morgan fingerprint density at radius 2 is 2.11 bits per heavy atom. The number of pyridine rings is 1. The molecule has 0 saturated carbocycles. The summed E-state index contributed by atoms with van der Waals surface area (Å²) < 4.78 is 7.30. The number of fused-ring (bicyclic) bond motifs is 1. The number of ether oxygens (including phenoxy) is 1. The maximum atomic E-state index is 12.2. The van der Waals surface area contributed by atoms with Gasteiger partial charge < -0.3 is 14.5 Å². The number of nitrogens with one attached hydrogen (secondary N) is 1. The average Bonchev–Trinajstić information content (AvgIpc) is 3.25. The summed E-state index contributed by atoms with van der Waals surface area (Å²) in [5.74, 6) is 1.32. The van der Waals surface area contributed by atoms with Crippen molar-refractivity contribution in [1.82, 2.24) is 14.4 Å². The van der Waals surface area contributed by atoms with Gasteiger partial charge in [-0.1, -0.05) is 19.9 Å². The smallest absolute Gasteiger partial charge is 0.415 e. The van der Waals surface area contributed by atoms with Crippen molar-refractivity contribution in [2.75, 3.05) is 16.8 Å². The van der Waals surface area contributed by atoms with Crippen LogP contribution in [-0.4, -0.2) is 33.1 Å². The van der Waals surface area contributed by atoms with E-state index in [0.29, 0.717) is 18.4 Å². The molecule has 0 radical (unpaired) electrons. The van der Waals surface area contributed by atoms with Crippen molar-refractivity contribution < 1.29 is 9.53 Å². The summed E-state index contributed by atoms with van der Waals surface area (Å²) in [6, 6.07) is 9.96. The molecule has 7 nitrogen and oxygen atoms in total. The third-order valence-corrected chi connectivity index (χ3v) is 4.93. The van der Waals surface area contributed by atoms with Crippen LogP contribution in [0.15, 0.2) is 48.9 Å². The zero-order valence-electron chi connectivity index (χ0n) is 15.7. The normalized spacial score (nSPS) is 18.1. The van der Waals surface area contributed by atoms with Crippen molar-refractivity contribution in [3.63, 3.8) is 0 Å². The van der Waals surface area contributed by atoms with Crippen molar-refractivity contribution in [1.29, 1.82) is 0 Å². The van der Waals surface area contributed by atoms with Gasteiger partial charge in [0.2, 0.25) is 5.95 Å². The van der Waals surface area contributed by atoms with E-state index in [1.165, 1.54) is 0 Å². The summed E-state index contributed by atoms with van der Waals surface area (Å²) >= 11 is 0. The Morgan fingerprint density at radius 3 is 2.89 bits per heavy atom. The summed E-state index contributed by atoms with van der Waals surface area (Å²) in [7, 11) is 0. The molecular weight excluding hydrogens is 342 g/mol. The van der Waals surface area contributed by atoms with Crippen molar-refractivity contribution in [2.24, 2.45) is 5.92 Å². The summed E-state index contributed by atoms with van der Waals surface area (Å²) in [4.78, 5) is 22.7. The first kappa shape index (κ1) is 17.3. The highest BCUT2D eigenvalue weighted by Gasteiger charge is 2.37. The monoisotopic (exact) mass is 365 g/mol. The van der Waals surface area contributed by atoms with Crippen molar-refractivity contribution in [3.05, 3.63) is 54.5 Å². The zero-order chi connectivity index (χ0) is 19.0. The van der Waals surface area contributed by atoms with Gasteiger partial charge in [0.1, 0.15) is 12.4 Å². The zero-order valence-corrected chi connectivity index (χ0v) is 15.7. The number of amides is 1. The molecule has 1 N–H and O–H groups in total. The number of hydrogen-bond donors (Lipinski definition) is 1. The molecule has 0 spiro atoms. The SMILES string of the molecule is CC(C)[C@H]1COC(=O)N1c1ccnc(N[C@H](C)c2cc3ccccn3c2)n1. The Bertz CT molecular complexity index is 935. The van der Waals surface area contributed by atoms with Crippen LogP contribution in [0.2, 0.25) is 0 Å². The number of aromatic nitrogens is 3. The molecule has 0 aliphatic carbocycles. The van der Waals surface area contributed by atoms with Gasteiger partial charge in [-0.3, -0.25) is 4.90 Å². The van der Waals surface area contributed by atoms with E-state index in [4.69, 9.17) is 4.74 Å². The Kier molecular flexibility index (Phi) is 4.43. The van der Waals surface area contributed by atoms with E-state index in [0.717, 1.165) is 11.1 Å². The molecule has 1 fully saturated rings. The highest BCUT2D eigenvalue weighted by Crippen LogP contribution is 2.27. The lowest BCUT2D eigenvalue weighted by molar-refractivity contribution is 0.177. The average molecular weight is 365 g/mol. The molecule has 1 saturated heterocycles. The van der Waals surface area contributed by atoms with Crippen LogP contribution in [0, 0.1) is 5.92 Å². The second-order valence-electron chi connectivity index (χ2n) is 7.17. The Balaban J connectivity index is 1.56. The number of anilines is 2. The second kappa shape index (κ2) is 6.90. The van der Waals surface area contributed by atoms with E-state index in [9.17, 15) is 4.79 Å². The van der Waals surface area contributed by atoms with Gasteiger partial charge in [-0.25, -0.2) is 9.78 Å². The van der Waals surface area contributed by atoms with Crippen molar-refractivity contribution in [3.8, 4) is 0 Å². The Labute approximate surface area is 158 Å². The molecule has 3 aromatic rings. The third-order valence-electron chi connectivity index (χ3n) is 4.93. The van der Waals surface area contributed by atoms with E-state index in [1.54, 1.807) is 17.2 Å². The summed E-state index contributed by atoms with van der Waals surface area (Å²) in [5, 5.41) is 3.33. The fourth-order valence-corrected chi connectivity index (χ4v) is 3.33. The first-order valence-corrected chi connectivity index (χ1v) is 9.15. The molecule has 1 aliphatic rings. The topological polar surface area (TPSA) is 71.8 Å². The number of rotatable bonds is 5. The van der Waals surface area contributed by atoms with E-state index in [-0.39, 0.29) is 24.1 Å². The van der Waals surface area contributed by atoms with Gasteiger partial charge in [0, 0.05) is 24.1 Å². The lowest BCUT2D eigenvalue weighted by atomic mass is 10.0. The van der Waals surface area contributed by atoms with Gasteiger partial charge in [-0.05, 0) is 42.7 Å². The number of cyclic esters (lactones) is 1. The molecule has 0 unspecified atom stereocenters. The first-order valence-electron chi connectivity index (χ1n) is 9.15. The summed E-state index contributed by atoms with van der Waals surface area (Å²) in [6.07, 6.45) is 5.42. The molecule has 7 heteroatoms. The second-order valence-corrected chi connectivity index (χ2v) is 7.17. The van der Waals surface area contributed by atoms with Crippen LogP contribution < -0.4 is 10.2 Å². The largest absolute Gasteiger partial charge is 0.447 e. The Morgan fingerprint density at radius 1 is 1.26 bits per heavy atom. The quantitative estimate of drug-likeness (QED) is 0.743. The van der Waals surface area contributed by atoms with E-state index < -0.39 is 0 Å². The predicted molar refractivity (Wildman–Crippen MR) is 104 cm³/mol. The minimum Gasteiger partial charge on any atom is -0.447 e. The van der Waals surface area contributed by atoms with Gasteiger partial charge >= 0.3 is 6.09 Å². The van der Waals surface area contributed by atoms with Crippen LogP contribution in [0.3, 0.4) is 0 Å². The third kappa shape index (κ3) is 3.32. The van der Waals surface area contributed by atoms with Crippen molar-refractivity contribution >= 4 is 23.4 Å². The van der Waals surface area contributed by atoms with Crippen LogP contribution >= 0.6 is 0 Å². The summed E-state index contributed by atoms with van der Waals surface area (Å²) in [5.41, 5.74) is 2.27. The first-order chi connectivity index (χ1) is 13.0. The fourth-order valence-electron chi connectivity index (χ4n) is 3.33. The number of carbonyl (C=O) groups is 1. The summed E-state index contributed by atoms with van der Waals surface area (Å²) in [6.45, 7) is 6.59. The lowest BCUT2D eigenvalue weighted by Gasteiger charge is -2.23. The number of nitrogens with zero attached hydrogens (tertiary/aromatic N) is 4. The highest BCUT2D eigenvalue weighted by molar-refractivity contribution is 5.89. The van der Waals surface area contributed by atoms with E-state index in [1.807, 2.05) is 18.3 Å². The van der Waals surface area contributed by atoms with Gasteiger partial charge in [0.05, 0.1) is 12.1 Å². The molecular formula is C20H23N5O2. The van der Waals surface area contributed by atoms with Crippen LogP contribution in [0.25, 0.3) is 5.52 Å². The van der Waals surface area contributed by atoms with Crippen molar-refractivity contribution in [2.45, 2.75) is 32.9 Å². The van der Waals surface area contributed by atoms with Crippen LogP contribution in [0.1, 0.15) is 32.4 Å². The fraction of sp³-hybridized carbons (Fsp3) is 0.350. The number of hydrogen-bond acceptors (Lipinski definition) is 5. The van der Waals surface area contributed by atoms with E-state index in [2.05, 4.69) is 58.8 Å². The van der Waals surface area contributed by atoms with Gasteiger partial charge in [0.15, 0.2) is 0 Å². The Hall–Kier alpha value is -3.09. The van der Waals surface area contributed by atoms with Crippen LogP contribution in [0.4, 0.5) is 16.6 Å². The molecule has 0 bridgehead atoms. The molecule has 1 amide bonds. The predicted octanol–water partition coefficient (Wildman–Crippen LogP) is 3.88. The lowest BCUT2D eigenvalue weighted by Crippen LogP contribution is -2.37.